The maximum Gasteiger partial charge on any atom is 0.269 e. The van der Waals surface area contributed by atoms with Gasteiger partial charge >= 0.3 is 0 Å². The molecule has 4 aromatic rings. The van der Waals surface area contributed by atoms with Gasteiger partial charge in [0.2, 0.25) is 0 Å². The molecule has 1 aromatic heterocycles. The Kier molecular flexibility index (Phi) is 6.24. The van der Waals surface area contributed by atoms with Crippen LogP contribution in [0.4, 0.5) is 5.69 Å². The van der Waals surface area contributed by atoms with Gasteiger partial charge in [0.1, 0.15) is 24.3 Å². The van der Waals surface area contributed by atoms with Gasteiger partial charge in [-0.1, -0.05) is 15.9 Å². The van der Waals surface area contributed by atoms with Crippen molar-refractivity contribution in [2.24, 2.45) is 0 Å². The van der Waals surface area contributed by atoms with Gasteiger partial charge in [-0.05, 0) is 79.1 Å². The molecule has 164 valence electrons. The van der Waals surface area contributed by atoms with Crippen molar-refractivity contribution in [1.82, 2.24) is 9.97 Å². The van der Waals surface area contributed by atoms with E-state index in [0.29, 0.717) is 22.7 Å². The van der Waals surface area contributed by atoms with Crippen LogP contribution >= 0.6 is 15.9 Å². The molecular weight excluding hydrogens is 484 g/mol. The first-order chi connectivity index (χ1) is 15.8. The van der Waals surface area contributed by atoms with E-state index in [1.807, 2.05) is 44.2 Å². The van der Waals surface area contributed by atoms with Gasteiger partial charge in [-0.25, -0.2) is 4.98 Å². The molecule has 0 radical (unpaired) electrons. The molecule has 0 bridgehead atoms. The Morgan fingerprint density at radius 3 is 2.61 bits per heavy atom. The van der Waals surface area contributed by atoms with Gasteiger partial charge in [-0.2, -0.15) is 5.26 Å². The number of aryl methyl sites for hydroxylation is 2. The number of nitriles is 1. The van der Waals surface area contributed by atoms with Crippen molar-refractivity contribution in [3.8, 4) is 11.8 Å². The molecule has 0 saturated carbocycles. The van der Waals surface area contributed by atoms with Crippen molar-refractivity contribution in [3.05, 3.63) is 97.3 Å². The number of aromatic amines is 1. The van der Waals surface area contributed by atoms with Crippen LogP contribution in [0.1, 0.15) is 28.1 Å². The van der Waals surface area contributed by atoms with Crippen LogP contribution < -0.4 is 4.74 Å². The minimum atomic E-state index is -0.438. The number of halogens is 1. The highest BCUT2D eigenvalue weighted by molar-refractivity contribution is 9.10. The first-order valence-electron chi connectivity index (χ1n) is 10.1. The van der Waals surface area contributed by atoms with E-state index in [2.05, 4.69) is 32.0 Å². The molecule has 1 N–H and O–H groups in total. The number of ether oxygens (including phenoxy) is 1. The van der Waals surface area contributed by atoms with E-state index in [1.54, 1.807) is 18.2 Å². The van der Waals surface area contributed by atoms with Gasteiger partial charge in [-0.3, -0.25) is 10.1 Å². The SMILES string of the molecule is Cc1cc2nc(/C(C#N)=C\c3cc(Br)ccc3OCc3ccc([N+](=O)[O-])cc3)[nH]c2cc1C. The molecular formula is C25H19BrN4O3. The predicted octanol–water partition coefficient (Wildman–Crippen LogP) is 6.49. The molecule has 8 heteroatoms. The predicted molar refractivity (Wildman–Crippen MR) is 131 cm³/mol. The second-order valence-electron chi connectivity index (χ2n) is 7.60. The maximum absolute atomic E-state index is 10.8. The average Bonchev–Trinajstić information content (AvgIpc) is 3.19. The summed E-state index contributed by atoms with van der Waals surface area (Å²) in [5, 5.41) is 20.7. The minimum absolute atomic E-state index is 0.0286. The number of benzene rings is 3. The number of hydrogen-bond donors (Lipinski definition) is 1. The first kappa shape index (κ1) is 22.2. The zero-order chi connectivity index (χ0) is 23.5. The summed E-state index contributed by atoms with van der Waals surface area (Å²) in [7, 11) is 0. The molecule has 0 amide bonds. The van der Waals surface area contributed by atoms with E-state index in [1.165, 1.54) is 12.1 Å². The van der Waals surface area contributed by atoms with Crippen LogP contribution in [0.5, 0.6) is 5.75 Å². The number of nitrogens with one attached hydrogen (secondary N) is 1. The average molecular weight is 503 g/mol. The van der Waals surface area contributed by atoms with Crippen LogP contribution in [0.3, 0.4) is 0 Å². The lowest BCUT2D eigenvalue weighted by atomic mass is 10.1. The highest BCUT2D eigenvalue weighted by atomic mass is 79.9. The highest BCUT2D eigenvalue weighted by Crippen LogP contribution is 2.29. The van der Waals surface area contributed by atoms with Crippen molar-refractivity contribution < 1.29 is 9.66 Å². The van der Waals surface area contributed by atoms with Crippen LogP contribution in [-0.2, 0) is 6.61 Å². The summed E-state index contributed by atoms with van der Waals surface area (Å²) in [6.07, 6.45) is 1.73. The molecule has 3 aromatic carbocycles. The Morgan fingerprint density at radius 2 is 1.91 bits per heavy atom. The molecule has 7 nitrogen and oxygen atoms in total. The third-order valence-electron chi connectivity index (χ3n) is 5.29. The molecule has 33 heavy (non-hydrogen) atoms. The van der Waals surface area contributed by atoms with Gasteiger partial charge in [0.15, 0.2) is 0 Å². The Morgan fingerprint density at radius 1 is 1.18 bits per heavy atom. The zero-order valence-electron chi connectivity index (χ0n) is 17.9. The number of allylic oxidation sites excluding steroid dienone is 1. The van der Waals surface area contributed by atoms with Gasteiger partial charge < -0.3 is 9.72 Å². The third kappa shape index (κ3) is 4.94. The fraction of sp³-hybridized carbons (Fsp3) is 0.120. The maximum atomic E-state index is 10.8. The Bertz CT molecular complexity index is 1390. The summed E-state index contributed by atoms with van der Waals surface area (Å²) in [5.74, 6) is 1.06. The number of nitro benzene ring substituents is 1. The van der Waals surface area contributed by atoms with E-state index in [0.717, 1.165) is 32.2 Å². The monoisotopic (exact) mass is 502 g/mol. The third-order valence-corrected chi connectivity index (χ3v) is 5.78. The topological polar surface area (TPSA) is 105 Å². The Labute approximate surface area is 198 Å². The van der Waals surface area contributed by atoms with E-state index in [9.17, 15) is 15.4 Å². The molecule has 0 spiro atoms. The van der Waals surface area contributed by atoms with Crippen molar-refractivity contribution in [2.75, 3.05) is 0 Å². The lowest BCUT2D eigenvalue weighted by Gasteiger charge is -2.10. The number of fused-ring (bicyclic) bond motifs is 1. The standard InChI is InChI=1S/C25H19BrN4O3/c1-15-9-22-23(10-16(15)2)29-25(28-22)19(13-27)11-18-12-20(26)5-8-24(18)33-14-17-3-6-21(7-4-17)30(31)32/h3-12H,14H2,1-2H3,(H,28,29)/b19-11-. The van der Waals surface area contributed by atoms with Gasteiger partial charge in [-0.15, -0.1) is 0 Å². The number of imidazole rings is 1. The summed E-state index contributed by atoms with van der Waals surface area (Å²) in [4.78, 5) is 18.2. The van der Waals surface area contributed by atoms with Crippen LogP contribution in [0.2, 0.25) is 0 Å². The smallest absolute Gasteiger partial charge is 0.269 e. The van der Waals surface area contributed by atoms with E-state index in [4.69, 9.17) is 4.74 Å². The summed E-state index contributed by atoms with van der Waals surface area (Å²) in [6.45, 7) is 4.29. The molecule has 0 unspecified atom stereocenters. The van der Waals surface area contributed by atoms with E-state index in [-0.39, 0.29) is 12.3 Å². The summed E-state index contributed by atoms with van der Waals surface area (Å²) in [5.41, 5.74) is 5.86. The van der Waals surface area contributed by atoms with Gasteiger partial charge in [0.05, 0.1) is 21.5 Å². The Hall–Kier alpha value is -3.96. The van der Waals surface area contributed by atoms with Crippen LogP contribution in [0, 0.1) is 35.3 Å². The highest BCUT2D eigenvalue weighted by Gasteiger charge is 2.12. The zero-order valence-corrected chi connectivity index (χ0v) is 19.5. The quantitative estimate of drug-likeness (QED) is 0.184. The number of aromatic nitrogens is 2. The molecule has 1 heterocycles. The number of nitro groups is 1. The molecule has 4 rings (SSSR count). The fourth-order valence-corrected chi connectivity index (χ4v) is 3.72. The second kappa shape index (κ2) is 9.27. The second-order valence-corrected chi connectivity index (χ2v) is 8.52. The normalized spacial score (nSPS) is 11.4. The summed E-state index contributed by atoms with van der Waals surface area (Å²) >= 11 is 3.47. The van der Waals surface area contributed by atoms with Gasteiger partial charge in [0, 0.05) is 22.2 Å². The van der Waals surface area contributed by atoms with Crippen LogP contribution in [0.25, 0.3) is 22.7 Å². The van der Waals surface area contributed by atoms with Crippen molar-refractivity contribution in [2.45, 2.75) is 20.5 Å². The molecule has 0 aliphatic rings. The van der Waals surface area contributed by atoms with Crippen molar-refractivity contribution in [1.29, 1.82) is 5.26 Å². The van der Waals surface area contributed by atoms with E-state index >= 15 is 0 Å². The summed E-state index contributed by atoms with van der Waals surface area (Å²) < 4.78 is 6.81. The Balaban J connectivity index is 1.64. The molecule has 0 saturated heterocycles. The number of non-ortho nitro benzene ring substituents is 1. The molecule has 0 fully saturated rings. The molecule has 0 atom stereocenters. The first-order valence-corrected chi connectivity index (χ1v) is 10.9. The molecule has 0 aliphatic carbocycles. The van der Waals surface area contributed by atoms with E-state index < -0.39 is 4.92 Å². The number of hydrogen-bond acceptors (Lipinski definition) is 5. The van der Waals surface area contributed by atoms with Crippen LogP contribution in [-0.4, -0.2) is 14.9 Å². The number of rotatable bonds is 6. The van der Waals surface area contributed by atoms with Crippen molar-refractivity contribution >= 4 is 44.3 Å². The lowest BCUT2D eigenvalue weighted by molar-refractivity contribution is -0.384. The largest absolute Gasteiger partial charge is 0.488 e. The van der Waals surface area contributed by atoms with Gasteiger partial charge in [0.25, 0.3) is 5.69 Å². The summed E-state index contributed by atoms with van der Waals surface area (Å²) in [6, 6.07) is 18.0. The lowest BCUT2D eigenvalue weighted by Crippen LogP contribution is -1.98. The number of nitrogens with zero attached hydrogens (tertiary/aromatic N) is 3. The minimum Gasteiger partial charge on any atom is -0.488 e. The molecule has 0 aliphatic heterocycles. The fourth-order valence-electron chi connectivity index (χ4n) is 3.34. The van der Waals surface area contributed by atoms with Crippen molar-refractivity contribution in [3.63, 3.8) is 0 Å². The van der Waals surface area contributed by atoms with Crippen LogP contribution in [0.15, 0.2) is 59.1 Å². The number of H-pyrrole nitrogens is 1.